The Morgan fingerprint density at radius 2 is 1.96 bits per heavy atom. The zero-order valence-electron chi connectivity index (χ0n) is 14.3. The highest BCUT2D eigenvalue weighted by atomic mass is 35.5. The standard InChI is InChI=1S/C19H21N3O3.ClH/c23-18(17-5-2-10-25-17)21-14-4-1-3-13(11-14)19(24)22-15-6-7-16(22)12-20-9-8-15;/h1-5,10-11,15-16,20H,6-9,12H2,(H,21,23);1H. The van der Waals surface area contributed by atoms with E-state index in [1.165, 1.54) is 6.26 Å². The van der Waals surface area contributed by atoms with Crippen LogP contribution < -0.4 is 10.6 Å². The van der Waals surface area contributed by atoms with Crippen molar-refractivity contribution in [3.63, 3.8) is 0 Å². The van der Waals surface area contributed by atoms with Crippen LogP contribution in [0.15, 0.2) is 47.1 Å². The van der Waals surface area contributed by atoms with E-state index in [9.17, 15) is 9.59 Å². The molecule has 2 aliphatic heterocycles. The van der Waals surface area contributed by atoms with E-state index in [1.807, 2.05) is 11.0 Å². The number of hydrogen-bond donors (Lipinski definition) is 2. The van der Waals surface area contributed by atoms with Gasteiger partial charge in [-0.05, 0) is 56.1 Å². The molecule has 2 amide bonds. The van der Waals surface area contributed by atoms with Crippen LogP contribution in [0.25, 0.3) is 0 Å². The summed E-state index contributed by atoms with van der Waals surface area (Å²) >= 11 is 0. The van der Waals surface area contributed by atoms with Gasteiger partial charge in [-0.2, -0.15) is 0 Å². The SMILES string of the molecule is Cl.O=C(Nc1cccc(C(=O)N2C3CCNCC2CC3)c1)c1ccco1. The minimum absolute atomic E-state index is 0. The minimum atomic E-state index is -0.325. The molecule has 1 aromatic carbocycles. The van der Waals surface area contributed by atoms with Gasteiger partial charge in [0.1, 0.15) is 0 Å². The van der Waals surface area contributed by atoms with Crippen molar-refractivity contribution in [2.24, 2.45) is 0 Å². The van der Waals surface area contributed by atoms with Gasteiger partial charge in [-0.15, -0.1) is 12.4 Å². The molecular weight excluding hydrogens is 354 g/mol. The molecule has 0 aliphatic carbocycles. The Labute approximate surface area is 158 Å². The molecule has 2 aliphatic rings. The van der Waals surface area contributed by atoms with Gasteiger partial charge in [-0.25, -0.2) is 0 Å². The van der Waals surface area contributed by atoms with Gasteiger partial charge < -0.3 is 20.0 Å². The average molecular weight is 376 g/mol. The van der Waals surface area contributed by atoms with Crippen LogP contribution in [0, 0.1) is 0 Å². The Balaban J connectivity index is 0.00000196. The number of carbonyl (C=O) groups excluding carboxylic acids is 2. The molecule has 2 atom stereocenters. The predicted molar refractivity (Wildman–Crippen MR) is 101 cm³/mol. The van der Waals surface area contributed by atoms with Gasteiger partial charge in [-0.1, -0.05) is 6.07 Å². The van der Waals surface area contributed by atoms with E-state index in [1.54, 1.807) is 30.3 Å². The van der Waals surface area contributed by atoms with E-state index in [0.717, 1.165) is 32.4 Å². The van der Waals surface area contributed by atoms with Crippen LogP contribution in [0.1, 0.15) is 40.2 Å². The molecule has 2 aromatic rings. The first-order valence-corrected chi connectivity index (χ1v) is 8.70. The molecule has 2 saturated heterocycles. The van der Waals surface area contributed by atoms with E-state index >= 15 is 0 Å². The van der Waals surface area contributed by atoms with Gasteiger partial charge in [0.25, 0.3) is 11.8 Å². The van der Waals surface area contributed by atoms with Crippen LogP contribution in [-0.4, -0.2) is 41.9 Å². The van der Waals surface area contributed by atoms with Crippen molar-refractivity contribution in [3.8, 4) is 0 Å². The van der Waals surface area contributed by atoms with Crippen LogP contribution in [0.3, 0.4) is 0 Å². The maximum Gasteiger partial charge on any atom is 0.291 e. The molecular formula is C19H22ClN3O3. The summed E-state index contributed by atoms with van der Waals surface area (Å²) < 4.78 is 5.10. The number of carbonyl (C=O) groups is 2. The van der Waals surface area contributed by atoms with Crippen molar-refractivity contribution in [1.29, 1.82) is 0 Å². The second-order valence-electron chi connectivity index (χ2n) is 6.60. The first-order valence-electron chi connectivity index (χ1n) is 8.70. The van der Waals surface area contributed by atoms with Gasteiger partial charge in [0.05, 0.1) is 6.26 Å². The van der Waals surface area contributed by atoms with Crippen LogP contribution in [0.2, 0.25) is 0 Å². The van der Waals surface area contributed by atoms with E-state index in [4.69, 9.17) is 4.42 Å². The number of hydrogen-bond acceptors (Lipinski definition) is 4. The third kappa shape index (κ3) is 3.61. The highest BCUT2D eigenvalue weighted by Gasteiger charge is 2.38. The fraction of sp³-hybridized carbons (Fsp3) is 0.368. The zero-order valence-corrected chi connectivity index (χ0v) is 15.1. The molecule has 0 spiro atoms. The van der Waals surface area contributed by atoms with Crippen molar-refractivity contribution in [2.45, 2.75) is 31.3 Å². The molecule has 2 N–H and O–H groups in total. The molecule has 7 heteroatoms. The Bertz CT molecular complexity index is 764. The van der Waals surface area contributed by atoms with Crippen molar-refractivity contribution >= 4 is 29.9 Å². The number of amides is 2. The Kier molecular flexibility index (Phi) is 5.64. The summed E-state index contributed by atoms with van der Waals surface area (Å²) in [4.78, 5) is 27.2. The topological polar surface area (TPSA) is 74.6 Å². The van der Waals surface area contributed by atoms with E-state index < -0.39 is 0 Å². The summed E-state index contributed by atoms with van der Waals surface area (Å²) in [6.07, 6.45) is 4.58. The number of nitrogens with zero attached hydrogens (tertiary/aromatic N) is 1. The quantitative estimate of drug-likeness (QED) is 0.865. The summed E-state index contributed by atoms with van der Waals surface area (Å²) in [7, 11) is 0. The molecule has 1 aromatic heterocycles. The lowest BCUT2D eigenvalue weighted by Gasteiger charge is -2.28. The van der Waals surface area contributed by atoms with Crippen LogP contribution in [-0.2, 0) is 0 Å². The second kappa shape index (κ2) is 7.93. The highest BCUT2D eigenvalue weighted by Crippen LogP contribution is 2.30. The molecule has 2 bridgehead atoms. The number of furan rings is 1. The summed E-state index contributed by atoms with van der Waals surface area (Å²) in [5, 5.41) is 6.18. The monoisotopic (exact) mass is 375 g/mol. The van der Waals surface area contributed by atoms with Crippen molar-refractivity contribution < 1.29 is 14.0 Å². The van der Waals surface area contributed by atoms with Gasteiger partial charge in [0.2, 0.25) is 0 Å². The number of rotatable bonds is 3. The molecule has 3 heterocycles. The third-order valence-corrected chi connectivity index (χ3v) is 5.00. The predicted octanol–water partition coefficient (Wildman–Crippen LogP) is 2.92. The average Bonchev–Trinajstić information content (AvgIpc) is 3.22. The van der Waals surface area contributed by atoms with Crippen LogP contribution in [0.5, 0.6) is 0 Å². The number of benzene rings is 1. The van der Waals surface area contributed by atoms with Crippen molar-refractivity contribution in [2.75, 3.05) is 18.4 Å². The number of nitrogens with one attached hydrogen (secondary N) is 2. The van der Waals surface area contributed by atoms with E-state index in [2.05, 4.69) is 10.6 Å². The maximum absolute atomic E-state index is 13.0. The number of halogens is 1. The lowest BCUT2D eigenvalue weighted by Crippen LogP contribution is -2.42. The number of fused-ring (bicyclic) bond motifs is 2. The summed E-state index contributed by atoms with van der Waals surface area (Å²) in [6, 6.07) is 11.0. The molecule has 0 saturated carbocycles. The normalized spacial score (nSPS) is 21.6. The minimum Gasteiger partial charge on any atom is -0.459 e. The van der Waals surface area contributed by atoms with Crippen molar-refractivity contribution in [1.82, 2.24) is 10.2 Å². The van der Waals surface area contributed by atoms with Gasteiger partial charge in [0, 0.05) is 29.9 Å². The maximum atomic E-state index is 13.0. The van der Waals surface area contributed by atoms with Gasteiger partial charge in [0.15, 0.2) is 5.76 Å². The lowest BCUT2D eigenvalue weighted by atomic mass is 10.1. The molecule has 26 heavy (non-hydrogen) atoms. The lowest BCUT2D eigenvalue weighted by molar-refractivity contribution is 0.0680. The molecule has 4 rings (SSSR count). The van der Waals surface area contributed by atoms with Gasteiger partial charge >= 0.3 is 0 Å². The Morgan fingerprint density at radius 1 is 1.12 bits per heavy atom. The van der Waals surface area contributed by atoms with Crippen molar-refractivity contribution in [3.05, 3.63) is 54.0 Å². The summed E-state index contributed by atoms with van der Waals surface area (Å²) in [6.45, 7) is 1.82. The summed E-state index contributed by atoms with van der Waals surface area (Å²) in [5.41, 5.74) is 1.20. The molecule has 138 valence electrons. The zero-order chi connectivity index (χ0) is 17.2. The number of anilines is 1. The fourth-order valence-corrected chi connectivity index (χ4v) is 3.79. The second-order valence-corrected chi connectivity index (χ2v) is 6.60. The fourth-order valence-electron chi connectivity index (χ4n) is 3.79. The Hall–Kier alpha value is -2.31. The van der Waals surface area contributed by atoms with Gasteiger partial charge in [-0.3, -0.25) is 9.59 Å². The smallest absolute Gasteiger partial charge is 0.291 e. The third-order valence-electron chi connectivity index (χ3n) is 5.00. The molecule has 2 unspecified atom stereocenters. The molecule has 0 radical (unpaired) electrons. The van der Waals surface area contributed by atoms with E-state index in [0.29, 0.717) is 17.3 Å². The Morgan fingerprint density at radius 3 is 2.77 bits per heavy atom. The van der Waals surface area contributed by atoms with Crippen LogP contribution in [0.4, 0.5) is 5.69 Å². The molecule has 6 nitrogen and oxygen atoms in total. The first kappa shape index (κ1) is 18.5. The van der Waals surface area contributed by atoms with E-state index in [-0.39, 0.29) is 36.0 Å². The largest absolute Gasteiger partial charge is 0.459 e. The first-order chi connectivity index (χ1) is 12.2. The van der Waals surface area contributed by atoms with Crippen LogP contribution >= 0.6 is 12.4 Å². The highest BCUT2D eigenvalue weighted by molar-refractivity contribution is 6.03. The molecule has 2 fully saturated rings. The summed E-state index contributed by atoms with van der Waals surface area (Å²) in [5.74, 6) is -0.0349.